The van der Waals surface area contributed by atoms with Crippen LogP contribution in [0.4, 0.5) is 5.69 Å². The molecule has 0 aliphatic carbocycles. The molecule has 1 unspecified atom stereocenters. The maximum atomic E-state index is 5.69. The SMILES string of the molecule is CC(N(C)CCCOc1ccc(N)cc1)C(C)(C)C. The Hall–Kier alpha value is -1.22. The molecule has 0 radical (unpaired) electrons. The van der Waals surface area contributed by atoms with Gasteiger partial charge in [-0.25, -0.2) is 0 Å². The summed E-state index contributed by atoms with van der Waals surface area (Å²) < 4.78 is 5.69. The van der Waals surface area contributed by atoms with Crippen LogP contribution in [0.5, 0.6) is 5.75 Å². The van der Waals surface area contributed by atoms with Crippen LogP contribution in [0.2, 0.25) is 0 Å². The second-order valence-corrected chi connectivity index (χ2v) is 6.29. The first-order chi connectivity index (χ1) is 8.80. The van der Waals surface area contributed by atoms with Gasteiger partial charge in [-0.1, -0.05) is 20.8 Å². The predicted octanol–water partition coefficient (Wildman–Crippen LogP) is 3.40. The molecule has 1 aromatic rings. The fourth-order valence-electron chi connectivity index (χ4n) is 1.92. The van der Waals surface area contributed by atoms with E-state index >= 15 is 0 Å². The molecular formula is C16H28N2O. The van der Waals surface area contributed by atoms with Crippen LogP contribution in [-0.2, 0) is 0 Å². The van der Waals surface area contributed by atoms with E-state index in [4.69, 9.17) is 10.5 Å². The standard InChI is InChI=1S/C16H28N2O/c1-13(16(2,3)4)18(5)11-6-12-19-15-9-7-14(17)8-10-15/h7-10,13H,6,11-12,17H2,1-5H3. The van der Waals surface area contributed by atoms with E-state index in [2.05, 4.69) is 39.6 Å². The number of hydrogen-bond donors (Lipinski definition) is 1. The molecule has 2 N–H and O–H groups in total. The van der Waals surface area contributed by atoms with Crippen molar-refractivity contribution in [3.05, 3.63) is 24.3 Å². The van der Waals surface area contributed by atoms with E-state index in [1.54, 1.807) is 0 Å². The lowest BCUT2D eigenvalue weighted by molar-refractivity contribution is 0.133. The monoisotopic (exact) mass is 264 g/mol. The molecule has 0 bridgehead atoms. The molecular weight excluding hydrogens is 236 g/mol. The predicted molar refractivity (Wildman–Crippen MR) is 82.5 cm³/mol. The van der Waals surface area contributed by atoms with Crippen LogP contribution < -0.4 is 10.5 Å². The van der Waals surface area contributed by atoms with E-state index in [0.29, 0.717) is 11.5 Å². The van der Waals surface area contributed by atoms with Gasteiger partial charge in [0.2, 0.25) is 0 Å². The highest BCUT2D eigenvalue weighted by atomic mass is 16.5. The van der Waals surface area contributed by atoms with E-state index < -0.39 is 0 Å². The topological polar surface area (TPSA) is 38.5 Å². The van der Waals surface area contributed by atoms with Gasteiger partial charge in [-0.3, -0.25) is 0 Å². The first-order valence-electron chi connectivity index (χ1n) is 6.99. The number of hydrogen-bond acceptors (Lipinski definition) is 3. The smallest absolute Gasteiger partial charge is 0.119 e. The number of anilines is 1. The molecule has 19 heavy (non-hydrogen) atoms. The summed E-state index contributed by atoms with van der Waals surface area (Å²) in [6.45, 7) is 10.9. The second kappa shape index (κ2) is 6.80. The molecule has 0 spiro atoms. The van der Waals surface area contributed by atoms with Crippen molar-refractivity contribution in [1.29, 1.82) is 0 Å². The molecule has 1 aromatic carbocycles. The second-order valence-electron chi connectivity index (χ2n) is 6.29. The van der Waals surface area contributed by atoms with Gasteiger partial charge < -0.3 is 15.4 Å². The van der Waals surface area contributed by atoms with Crippen LogP contribution >= 0.6 is 0 Å². The summed E-state index contributed by atoms with van der Waals surface area (Å²) in [5, 5.41) is 0. The van der Waals surface area contributed by atoms with Crippen LogP contribution in [0.3, 0.4) is 0 Å². The quantitative estimate of drug-likeness (QED) is 0.632. The van der Waals surface area contributed by atoms with Crippen molar-refractivity contribution in [3.63, 3.8) is 0 Å². The van der Waals surface area contributed by atoms with E-state index in [-0.39, 0.29) is 0 Å². The van der Waals surface area contributed by atoms with E-state index in [1.807, 2.05) is 24.3 Å². The van der Waals surface area contributed by atoms with Gasteiger partial charge in [-0.2, -0.15) is 0 Å². The largest absolute Gasteiger partial charge is 0.494 e. The maximum Gasteiger partial charge on any atom is 0.119 e. The van der Waals surface area contributed by atoms with E-state index in [9.17, 15) is 0 Å². The maximum absolute atomic E-state index is 5.69. The third-order valence-electron chi connectivity index (χ3n) is 3.72. The van der Waals surface area contributed by atoms with Gasteiger partial charge in [0, 0.05) is 18.3 Å². The minimum atomic E-state index is 0.312. The molecule has 1 atom stereocenters. The minimum absolute atomic E-state index is 0.312. The summed E-state index contributed by atoms with van der Waals surface area (Å²) in [4.78, 5) is 2.40. The summed E-state index contributed by atoms with van der Waals surface area (Å²) in [6, 6.07) is 8.11. The van der Waals surface area contributed by atoms with Crippen molar-refractivity contribution in [1.82, 2.24) is 4.90 Å². The first-order valence-corrected chi connectivity index (χ1v) is 6.99. The number of benzene rings is 1. The van der Waals surface area contributed by atoms with Crippen molar-refractivity contribution in [2.75, 3.05) is 25.9 Å². The lowest BCUT2D eigenvalue weighted by Crippen LogP contribution is -2.40. The normalized spacial score (nSPS) is 13.6. The van der Waals surface area contributed by atoms with Crippen LogP contribution in [0, 0.1) is 5.41 Å². The van der Waals surface area contributed by atoms with Crippen LogP contribution in [-0.4, -0.2) is 31.1 Å². The molecule has 3 nitrogen and oxygen atoms in total. The Bertz CT molecular complexity index is 367. The number of ether oxygens (including phenoxy) is 1. The Kier molecular flexibility index (Phi) is 5.67. The van der Waals surface area contributed by atoms with E-state index in [1.165, 1.54) is 0 Å². The van der Waals surface area contributed by atoms with Gasteiger partial charge in [0.1, 0.15) is 5.75 Å². The number of nitrogens with two attached hydrogens (primary N) is 1. The summed E-state index contributed by atoms with van der Waals surface area (Å²) in [5.41, 5.74) is 6.71. The average Bonchev–Trinajstić information content (AvgIpc) is 2.34. The highest BCUT2D eigenvalue weighted by Gasteiger charge is 2.23. The zero-order valence-corrected chi connectivity index (χ0v) is 12.9. The van der Waals surface area contributed by atoms with Crippen molar-refractivity contribution >= 4 is 5.69 Å². The van der Waals surface area contributed by atoms with Crippen molar-refractivity contribution in [2.24, 2.45) is 5.41 Å². The first kappa shape index (κ1) is 15.8. The Morgan fingerprint density at radius 1 is 1.21 bits per heavy atom. The van der Waals surface area contributed by atoms with Gasteiger partial charge in [0.15, 0.2) is 0 Å². The zero-order valence-electron chi connectivity index (χ0n) is 12.9. The summed E-state index contributed by atoms with van der Waals surface area (Å²) in [7, 11) is 2.18. The van der Waals surface area contributed by atoms with Gasteiger partial charge in [-0.05, 0) is 50.1 Å². The molecule has 0 fully saturated rings. The number of rotatable bonds is 6. The molecule has 3 heteroatoms. The molecule has 0 amide bonds. The third-order valence-corrected chi connectivity index (χ3v) is 3.72. The molecule has 0 heterocycles. The highest BCUT2D eigenvalue weighted by Crippen LogP contribution is 2.23. The molecule has 0 aliphatic heterocycles. The summed E-state index contributed by atoms with van der Waals surface area (Å²) in [5.74, 6) is 0.890. The zero-order chi connectivity index (χ0) is 14.5. The molecule has 108 valence electrons. The fourth-order valence-corrected chi connectivity index (χ4v) is 1.92. The van der Waals surface area contributed by atoms with E-state index in [0.717, 1.165) is 31.0 Å². The van der Waals surface area contributed by atoms with Crippen LogP contribution in [0.1, 0.15) is 34.1 Å². The van der Waals surface area contributed by atoms with Crippen molar-refractivity contribution < 1.29 is 4.74 Å². The van der Waals surface area contributed by atoms with Crippen LogP contribution in [0.25, 0.3) is 0 Å². The van der Waals surface area contributed by atoms with Gasteiger partial charge >= 0.3 is 0 Å². The number of nitrogen functional groups attached to an aromatic ring is 1. The Morgan fingerprint density at radius 2 is 1.79 bits per heavy atom. The average molecular weight is 264 g/mol. The van der Waals surface area contributed by atoms with Gasteiger partial charge in [0.25, 0.3) is 0 Å². The van der Waals surface area contributed by atoms with Crippen molar-refractivity contribution in [3.8, 4) is 5.75 Å². The third kappa shape index (κ3) is 5.52. The molecule has 0 aromatic heterocycles. The van der Waals surface area contributed by atoms with Crippen molar-refractivity contribution in [2.45, 2.75) is 40.2 Å². The summed E-state index contributed by atoms with van der Waals surface area (Å²) >= 11 is 0. The Morgan fingerprint density at radius 3 is 2.32 bits per heavy atom. The van der Waals surface area contributed by atoms with Crippen LogP contribution in [0.15, 0.2) is 24.3 Å². The Balaban J connectivity index is 2.25. The minimum Gasteiger partial charge on any atom is -0.494 e. The van der Waals surface area contributed by atoms with Gasteiger partial charge in [0.05, 0.1) is 6.61 Å². The Labute approximate surface area is 117 Å². The molecule has 1 rings (SSSR count). The highest BCUT2D eigenvalue weighted by molar-refractivity contribution is 5.41. The van der Waals surface area contributed by atoms with Gasteiger partial charge in [-0.15, -0.1) is 0 Å². The molecule has 0 saturated carbocycles. The molecule has 0 saturated heterocycles. The lowest BCUT2D eigenvalue weighted by Gasteiger charge is -2.35. The fraction of sp³-hybridized carbons (Fsp3) is 0.625. The summed E-state index contributed by atoms with van der Waals surface area (Å²) in [6.07, 6.45) is 1.03. The molecule has 0 aliphatic rings. The lowest BCUT2D eigenvalue weighted by atomic mass is 9.87. The number of nitrogens with zero attached hydrogens (tertiary/aromatic N) is 1.